The van der Waals surface area contributed by atoms with Gasteiger partial charge in [0.15, 0.2) is 0 Å². The number of thiol groups is 4. The lowest BCUT2D eigenvalue weighted by molar-refractivity contribution is 0.533. The van der Waals surface area contributed by atoms with Crippen molar-refractivity contribution in [3.8, 4) is 0 Å². The number of thioether (sulfide) groups is 20. The average Bonchev–Trinajstić information content (AvgIpc) is 1.71. The number of hydrogen-bond donors (Lipinski definition) is 8. The monoisotopic (exact) mass is 1560 g/mol. The van der Waals surface area contributed by atoms with E-state index in [1.807, 2.05) is 188 Å². The van der Waals surface area contributed by atoms with Crippen molar-refractivity contribution < 1.29 is 0 Å². The third-order valence-electron chi connectivity index (χ3n) is 14.8. The SMILES string of the molecule is CCCSC1=C(S)S/C(=C2\Sc3c4[nH]c(c3S2)C(C)(C)c2[nH]c(c3c2SC(=C2SC(SCCC)=C(SCCC)S2)S3)C(C)(C)c2[nH]c(c3c2S/C(=C2/SC(S)=C(SCCC)S2)S3)C(C)(C)c2[nH]c(c3c2SC(=C2SC(S)=C(S)S2)S3)C4(C)C)S1. The molecule has 0 amide bonds. The van der Waals surface area contributed by atoms with Gasteiger partial charge in [-0.1, -0.05) is 216 Å². The highest BCUT2D eigenvalue weighted by Gasteiger charge is 2.51. The summed E-state index contributed by atoms with van der Waals surface area (Å²) < 4.78 is 20.6. The van der Waals surface area contributed by atoms with Crippen LogP contribution in [0.15, 0.2) is 107 Å². The van der Waals surface area contributed by atoms with Crippen LogP contribution in [0.1, 0.15) is 154 Å². The first-order chi connectivity index (χ1) is 40.1. The van der Waals surface area contributed by atoms with Crippen molar-refractivity contribution in [3.05, 3.63) is 113 Å². The van der Waals surface area contributed by atoms with Crippen LogP contribution in [-0.2, 0) is 21.7 Å². The fourth-order valence-electron chi connectivity index (χ4n) is 10.4. The number of fused-ring (bicyclic) bond motifs is 20. The molecule has 9 aliphatic heterocycles. The van der Waals surface area contributed by atoms with E-state index in [1.54, 1.807) is 23.5 Å². The zero-order valence-electron chi connectivity index (χ0n) is 47.6. The van der Waals surface area contributed by atoms with E-state index in [-0.39, 0.29) is 0 Å². The topological polar surface area (TPSA) is 63.2 Å². The molecule has 13 rings (SSSR count). The summed E-state index contributed by atoms with van der Waals surface area (Å²) in [6.07, 6.45) is 4.61. The molecule has 0 aliphatic carbocycles. The Hall–Kier alpha value is 3.44. The molecule has 0 unspecified atom stereocenters. The van der Waals surface area contributed by atoms with Crippen LogP contribution in [-0.4, -0.2) is 42.9 Å². The van der Waals surface area contributed by atoms with E-state index in [0.717, 1.165) is 52.8 Å². The van der Waals surface area contributed by atoms with E-state index < -0.39 is 21.7 Å². The summed E-state index contributed by atoms with van der Waals surface area (Å²) in [5.74, 6) is 4.47. The van der Waals surface area contributed by atoms with Gasteiger partial charge < -0.3 is 19.9 Å². The molecule has 0 saturated carbocycles. The van der Waals surface area contributed by atoms with Crippen LogP contribution in [0.25, 0.3) is 0 Å². The molecule has 28 heteroatoms. The standard InChI is InChI=1S/C56H60N4S24/c1-13-17-65-41-39(63)79-50(81-41)46-71-23-25(73-46)33-55(9,10)35-27-28(76-48(75-27)52-83-43(67-19-15-3)44(84-52)68-20-16-4)36(60-35)56(11,12)34-26-24(72-47(74-26)51-80-40(64)42(82-51)66-18-14-2)32(59-34)54(7,8)30-22-21(29(57-30)53(5,6)31(23)58-33)69-45(70-22)49-77-37(61)38(62)78-49/h57-64H,13-20H2,1-12H3/b50-46-,51-47-. The van der Waals surface area contributed by atoms with Gasteiger partial charge in [0.1, 0.15) is 0 Å². The van der Waals surface area contributed by atoms with Gasteiger partial charge >= 0.3 is 0 Å². The Morgan fingerprint density at radius 3 is 0.679 bits per heavy atom. The minimum absolute atomic E-state index is 0.474. The first kappa shape index (κ1) is 66.1. The molecule has 4 nitrogen and oxygen atoms in total. The van der Waals surface area contributed by atoms with Crippen molar-refractivity contribution >= 4 is 286 Å². The number of aromatic nitrogens is 4. The molecule has 0 aromatic carbocycles. The minimum Gasteiger partial charge on any atom is -0.359 e. The normalized spacial score (nSPS) is 23.8. The zero-order valence-corrected chi connectivity index (χ0v) is 67.5. The summed E-state index contributed by atoms with van der Waals surface area (Å²) in [4.78, 5) is 28.3. The summed E-state index contributed by atoms with van der Waals surface area (Å²) in [5.41, 5.74) is 8.19. The molecule has 0 saturated heterocycles. The van der Waals surface area contributed by atoms with Crippen molar-refractivity contribution in [1.82, 2.24) is 19.9 Å². The Kier molecular flexibility index (Phi) is 20.5. The van der Waals surface area contributed by atoms with E-state index in [2.05, 4.69) is 127 Å². The summed E-state index contributed by atoms with van der Waals surface area (Å²) in [7, 11) is 0. The van der Waals surface area contributed by atoms with E-state index in [0.29, 0.717) is 0 Å². The third-order valence-corrected chi connectivity index (χ3v) is 46.6. The summed E-state index contributed by atoms with van der Waals surface area (Å²) >= 11 is 58.8. The predicted molar refractivity (Wildman–Crippen MR) is 422 cm³/mol. The van der Waals surface area contributed by atoms with E-state index >= 15 is 0 Å². The van der Waals surface area contributed by atoms with Crippen LogP contribution in [0.4, 0.5) is 0 Å². The molecule has 13 heterocycles. The van der Waals surface area contributed by atoms with Gasteiger partial charge in [0, 0.05) is 106 Å². The number of H-pyrrole nitrogens is 4. The van der Waals surface area contributed by atoms with E-state index in [1.165, 1.54) is 148 Å². The molecule has 0 radical (unpaired) electrons. The summed E-state index contributed by atoms with van der Waals surface area (Å²) in [6, 6.07) is 0. The predicted octanol–water partition coefficient (Wildman–Crippen LogP) is 26.6. The second-order valence-corrected chi connectivity index (χ2v) is 49.2. The molecule has 8 bridgehead atoms. The Bertz CT molecular complexity index is 3520. The lowest BCUT2D eigenvalue weighted by Gasteiger charge is -2.30. The van der Waals surface area contributed by atoms with Crippen LogP contribution in [0.5, 0.6) is 0 Å². The molecule has 0 atom stereocenters. The molecule has 0 fully saturated rings. The number of rotatable bonds is 12. The fraction of sp³-hybridized carbons (Fsp3) is 0.429. The van der Waals surface area contributed by atoms with E-state index in [9.17, 15) is 0 Å². The van der Waals surface area contributed by atoms with Gasteiger partial charge in [-0.2, -0.15) is 0 Å². The van der Waals surface area contributed by atoms with Gasteiger partial charge in [0.05, 0.1) is 67.8 Å². The Balaban J connectivity index is 1.03. The second kappa shape index (κ2) is 26.1. The van der Waals surface area contributed by atoms with Gasteiger partial charge in [0.2, 0.25) is 0 Å². The van der Waals surface area contributed by atoms with Crippen molar-refractivity contribution in [3.63, 3.8) is 0 Å². The molecular formula is C56H60N4S24. The van der Waals surface area contributed by atoms with Crippen LogP contribution in [0, 0.1) is 0 Å². The molecule has 4 aromatic rings. The van der Waals surface area contributed by atoms with Crippen LogP contribution >= 0.6 is 286 Å². The maximum absolute atomic E-state index is 5.11. The highest BCUT2D eigenvalue weighted by Crippen LogP contribution is 2.73. The third kappa shape index (κ3) is 11.8. The number of nitrogens with one attached hydrogen (secondary N) is 4. The molecule has 84 heavy (non-hydrogen) atoms. The Morgan fingerprint density at radius 1 is 0.262 bits per heavy atom. The minimum atomic E-state index is -0.483. The summed E-state index contributed by atoms with van der Waals surface area (Å²) in [6.45, 7) is 28.9. The molecule has 4 aromatic heterocycles. The molecule has 4 N–H and O–H groups in total. The van der Waals surface area contributed by atoms with Crippen molar-refractivity contribution in [1.29, 1.82) is 0 Å². The van der Waals surface area contributed by atoms with E-state index in [4.69, 9.17) is 50.5 Å². The van der Waals surface area contributed by atoms with Crippen molar-refractivity contribution in [2.24, 2.45) is 0 Å². The fourth-order valence-corrected chi connectivity index (χ4v) is 41.4. The lowest BCUT2D eigenvalue weighted by Crippen LogP contribution is -2.27. The van der Waals surface area contributed by atoms with Crippen molar-refractivity contribution in [2.75, 3.05) is 23.0 Å². The molecule has 448 valence electrons. The smallest absolute Gasteiger partial charge is 0.0717 e. The van der Waals surface area contributed by atoms with Gasteiger partial charge in [-0.05, 0) is 104 Å². The number of hydrogen-bond acceptors (Lipinski definition) is 24. The molecule has 0 spiro atoms. The van der Waals surface area contributed by atoms with Gasteiger partial charge in [-0.3, -0.25) is 0 Å². The van der Waals surface area contributed by atoms with Crippen molar-refractivity contribution in [2.45, 2.75) is 170 Å². The highest BCUT2D eigenvalue weighted by molar-refractivity contribution is 8.43. The van der Waals surface area contributed by atoms with Crippen LogP contribution in [0.2, 0.25) is 0 Å². The Morgan fingerprint density at radius 2 is 0.440 bits per heavy atom. The Labute approximate surface area is 603 Å². The highest BCUT2D eigenvalue weighted by atomic mass is 32.3. The largest absolute Gasteiger partial charge is 0.359 e. The van der Waals surface area contributed by atoms with Crippen LogP contribution < -0.4 is 0 Å². The zero-order chi connectivity index (χ0) is 59.1. The molecular weight excluding hydrogens is 1500 g/mol. The first-order valence-corrected chi connectivity index (χ1v) is 46.0. The quantitative estimate of drug-likeness (QED) is 0.0649. The van der Waals surface area contributed by atoms with Gasteiger partial charge in [-0.15, -0.1) is 97.6 Å². The maximum atomic E-state index is 5.11. The average molecular weight is 1560 g/mol. The maximum Gasteiger partial charge on any atom is 0.0717 e. The first-order valence-electron chi connectivity index (χ1n) is 27.2. The second-order valence-electron chi connectivity index (χ2n) is 22.3. The van der Waals surface area contributed by atoms with Crippen LogP contribution in [0.3, 0.4) is 0 Å². The van der Waals surface area contributed by atoms with Gasteiger partial charge in [0.25, 0.3) is 0 Å². The molecule has 9 aliphatic rings. The number of aromatic amines is 4. The van der Waals surface area contributed by atoms with Gasteiger partial charge in [-0.25, -0.2) is 0 Å². The summed E-state index contributed by atoms with van der Waals surface area (Å²) in [5, 5.41) is 0. The lowest BCUT2D eigenvalue weighted by atomic mass is 9.85.